The van der Waals surface area contributed by atoms with Gasteiger partial charge in [-0.25, -0.2) is 0 Å². The van der Waals surface area contributed by atoms with Crippen LogP contribution in [0.15, 0.2) is 0 Å². The van der Waals surface area contributed by atoms with Crippen LogP contribution in [0.1, 0.15) is 64.7 Å². The second kappa shape index (κ2) is 7.88. The first-order chi connectivity index (χ1) is 9.29. The molecule has 1 heterocycles. The number of hydrogen-bond acceptors (Lipinski definition) is 2. The number of carbonyl (C=O) groups is 1. The van der Waals surface area contributed by atoms with Crippen molar-refractivity contribution in [2.24, 2.45) is 5.92 Å². The van der Waals surface area contributed by atoms with Gasteiger partial charge in [-0.15, -0.1) is 0 Å². The Balaban J connectivity index is 1.80. The molecule has 0 radical (unpaired) electrons. The maximum absolute atomic E-state index is 12.5. The molecule has 0 aromatic heterocycles. The van der Waals surface area contributed by atoms with Gasteiger partial charge in [-0.1, -0.05) is 26.2 Å². The van der Waals surface area contributed by atoms with Gasteiger partial charge in [0.05, 0.1) is 0 Å². The molecule has 1 N–H and O–H groups in total. The molecule has 1 aliphatic heterocycles. The largest absolute Gasteiger partial charge is 0.341 e. The Hall–Kier alpha value is -0.570. The van der Waals surface area contributed by atoms with E-state index < -0.39 is 0 Å². The lowest BCUT2D eigenvalue weighted by atomic mass is 10.0. The summed E-state index contributed by atoms with van der Waals surface area (Å²) in [4.78, 5) is 14.6. The summed E-state index contributed by atoms with van der Waals surface area (Å²) in [5.41, 5.74) is 0. The first-order valence-electron chi connectivity index (χ1n) is 8.30. The molecule has 0 aromatic rings. The van der Waals surface area contributed by atoms with E-state index in [0.29, 0.717) is 17.9 Å². The molecule has 110 valence electrons. The second-order valence-electron chi connectivity index (χ2n) is 6.34. The lowest BCUT2D eigenvalue weighted by molar-refractivity contribution is -0.132. The van der Waals surface area contributed by atoms with Crippen molar-refractivity contribution in [1.29, 1.82) is 0 Å². The van der Waals surface area contributed by atoms with Gasteiger partial charge in [0.1, 0.15) is 0 Å². The quantitative estimate of drug-likeness (QED) is 0.801. The van der Waals surface area contributed by atoms with Crippen molar-refractivity contribution in [3.05, 3.63) is 0 Å². The molecule has 1 saturated heterocycles. The minimum absolute atomic E-state index is 0.404. The second-order valence-corrected chi connectivity index (χ2v) is 6.34. The van der Waals surface area contributed by atoms with E-state index in [0.717, 1.165) is 32.5 Å². The van der Waals surface area contributed by atoms with E-state index in [1.54, 1.807) is 0 Å². The maximum Gasteiger partial charge on any atom is 0.222 e. The standard InChI is InChI=1S/C16H30N2O/c1-2-11-18(13-15-9-5-6-10-17-15)16(19)12-14-7-3-4-8-14/h14-15,17H,2-13H2,1H3. The minimum atomic E-state index is 0.404. The molecule has 2 fully saturated rings. The fraction of sp³-hybridized carbons (Fsp3) is 0.938. The zero-order valence-electron chi connectivity index (χ0n) is 12.5. The molecule has 19 heavy (non-hydrogen) atoms. The molecule has 1 aliphatic carbocycles. The molecule has 1 saturated carbocycles. The number of hydrogen-bond donors (Lipinski definition) is 1. The van der Waals surface area contributed by atoms with Crippen molar-refractivity contribution in [2.45, 2.75) is 70.8 Å². The Morgan fingerprint density at radius 3 is 2.53 bits per heavy atom. The van der Waals surface area contributed by atoms with Crippen molar-refractivity contribution in [1.82, 2.24) is 10.2 Å². The molecule has 3 heteroatoms. The van der Waals surface area contributed by atoms with Crippen molar-refractivity contribution in [3.63, 3.8) is 0 Å². The molecule has 1 amide bonds. The first-order valence-corrected chi connectivity index (χ1v) is 8.30. The maximum atomic E-state index is 12.5. The topological polar surface area (TPSA) is 32.3 Å². The number of carbonyl (C=O) groups excluding carboxylic acids is 1. The molecule has 3 nitrogen and oxygen atoms in total. The molecule has 1 unspecified atom stereocenters. The van der Waals surface area contributed by atoms with Crippen LogP contribution in [0, 0.1) is 5.92 Å². The highest BCUT2D eigenvalue weighted by Crippen LogP contribution is 2.28. The molecule has 0 aromatic carbocycles. The van der Waals surface area contributed by atoms with Crippen LogP contribution in [0.2, 0.25) is 0 Å². The fourth-order valence-electron chi connectivity index (χ4n) is 3.52. The van der Waals surface area contributed by atoms with Crippen LogP contribution in [-0.2, 0) is 4.79 Å². The Labute approximate surface area is 118 Å². The van der Waals surface area contributed by atoms with Gasteiger partial charge in [-0.3, -0.25) is 4.79 Å². The van der Waals surface area contributed by atoms with Crippen molar-refractivity contribution < 1.29 is 4.79 Å². The Morgan fingerprint density at radius 1 is 1.16 bits per heavy atom. The zero-order valence-corrected chi connectivity index (χ0v) is 12.5. The third-order valence-electron chi connectivity index (χ3n) is 4.64. The molecule has 0 spiro atoms. The minimum Gasteiger partial charge on any atom is -0.341 e. The summed E-state index contributed by atoms with van der Waals surface area (Å²) in [7, 11) is 0. The van der Waals surface area contributed by atoms with E-state index in [-0.39, 0.29) is 0 Å². The third-order valence-corrected chi connectivity index (χ3v) is 4.64. The van der Waals surface area contributed by atoms with E-state index in [2.05, 4.69) is 17.1 Å². The van der Waals surface area contributed by atoms with Crippen LogP contribution < -0.4 is 5.32 Å². The highest BCUT2D eigenvalue weighted by Gasteiger charge is 2.24. The predicted molar refractivity (Wildman–Crippen MR) is 79.1 cm³/mol. The van der Waals surface area contributed by atoms with Crippen molar-refractivity contribution in [2.75, 3.05) is 19.6 Å². The van der Waals surface area contributed by atoms with Gasteiger partial charge in [0.25, 0.3) is 0 Å². The van der Waals surface area contributed by atoms with Gasteiger partial charge < -0.3 is 10.2 Å². The van der Waals surface area contributed by atoms with Crippen LogP contribution in [-0.4, -0.2) is 36.5 Å². The van der Waals surface area contributed by atoms with E-state index in [1.807, 2.05) is 0 Å². The summed E-state index contributed by atoms with van der Waals surface area (Å²) in [5.74, 6) is 1.08. The van der Waals surface area contributed by atoms with E-state index in [1.165, 1.54) is 44.9 Å². The summed E-state index contributed by atoms with van der Waals surface area (Å²) in [6, 6.07) is 0.535. The van der Waals surface area contributed by atoms with E-state index in [9.17, 15) is 4.79 Å². The van der Waals surface area contributed by atoms with Gasteiger partial charge in [0.15, 0.2) is 0 Å². The van der Waals surface area contributed by atoms with E-state index in [4.69, 9.17) is 0 Å². The van der Waals surface area contributed by atoms with Gasteiger partial charge >= 0.3 is 0 Å². The lowest BCUT2D eigenvalue weighted by Crippen LogP contribution is -2.46. The molecule has 0 bridgehead atoms. The molecule has 2 rings (SSSR count). The average Bonchev–Trinajstić information content (AvgIpc) is 2.92. The predicted octanol–water partition coefficient (Wildman–Crippen LogP) is 2.95. The first kappa shape index (κ1) is 14.8. The van der Waals surface area contributed by atoms with Crippen molar-refractivity contribution >= 4 is 5.91 Å². The number of amides is 1. The number of nitrogens with one attached hydrogen (secondary N) is 1. The summed E-state index contributed by atoms with van der Waals surface area (Å²) in [5, 5.41) is 3.56. The van der Waals surface area contributed by atoms with Gasteiger partial charge in [0.2, 0.25) is 5.91 Å². The normalized spacial score (nSPS) is 24.6. The monoisotopic (exact) mass is 266 g/mol. The Bertz CT molecular complexity index is 268. The number of rotatable bonds is 6. The lowest BCUT2D eigenvalue weighted by Gasteiger charge is -2.31. The highest BCUT2D eigenvalue weighted by molar-refractivity contribution is 5.76. The molecular weight excluding hydrogens is 236 g/mol. The van der Waals surface area contributed by atoms with Gasteiger partial charge in [-0.2, -0.15) is 0 Å². The Kier molecular flexibility index (Phi) is 6.15. The van der Waals surface area contributed by atoms with Crippen molar-refractivity contribution in [3.8, 4) is 0 Å². The van der Waals surface area contributed by atoms with Gasteiger partial charge in [-0.05, 0) is 44.6 Å². The number of piperidine rings is 1. The van der Waals surface area contributed by atoms with Crippen LogP contribution in [0.25, 0.3) is 0 Å². The SMILES string of the molecule is CCCN(CC1CCCCN1)C(=O)CC1CCCC1. The molecule has 1 atom stereocenters. The van der Waals surface area contributed by atoms with Crippen LogP contribution in [0.5, 0.6) is 0 Å². The Morgan fingerprint density at radius 2 is 1.89 bits per heavy atom. The zero-order chi connectivity index (χ0) is 13.5. The summed E-state index contributed by atoms with van der Waals surface area (Å²) >= 11 is 0. The van der Waals surface area contributed by atoms with Crippen LogP contribution in [0.3, 0.4) is 0 Å². The summed E-state index contributed by atoms with van der Waals surface area (Å²) in [6.07, 6.45) is 10.9. The molecule has 2 aliphatic rings. The summed E-state index contributed by atoms with van der Waals surface area (Å²) < 4.78 is 0. The van der Waals surface area contributed by atoms with E-state index >= 15 is 0 Å². The fourth-order valence-corrected chi connectivity index (χ4v) is 3.52. The molecular formula is C16H30N2O. The van der Waals surface area contributed by atoms with Crippen LogP contribution in [0.4, 0.5) is 0 Å². The number of nitrogens with zero attached hydrogens (tertiary/aromatic N) is 1. The highest BCUT2D eigenvalue weighted by atomic mass is 16.2. The smallest absolute Gasteiger partial charge is 0.222 e. The average molecular weight is 266 g/mol. The summed E-state index contributed by atoms with van der Waals surface area (Å²) in [6.45, 7) is 5.16. The van der Waals surface area contributed by atoms with Crippen LogP contribution >= 0.6 is 0 Å². The third kappa shape index (κ3) is 4.79. The van der Waals surface area contributed by atoms with Gasteiger partial charge in [0, 0.05) is 25.6 Å².